The van der Waals surface area contributed by atoms with Gasteiger partial charge in [0, 0.05) is 12.7 Å². The van der Waals surface area contributed by atoms with Crippen molar-refractivity contribution in [3.05, 3.63) is 23.5 Å². The quantitative estimate of drug-likeness (QED) is 0.823. The summed E-state index contributed by atoms with van der Waals surface area (Å²) in [4.78, 5) is 3.73. The van der Waals surface area contributed by atoms with E-state index in [1.807, 2.05) is 6.07 Å². The highest BCUT2D eigenvalue weighted by Crippen LogP contribution is 2.12. The third kappa shape index (κ3) is 3.45. The molecule has 0 radical (unpaired) electrons. The number of halogens is 1. The van der Waals surface area contributed by atoms with E-state index >= 15 is 0 Å². The van der Waals surface area contributed by atoms with Crippen LogP contribution in [0.4, 0.5) is 0 Å². The van der Waals surface area contributed by atoms with E-state index in [0.717, 1.165) is 0 Å². The molecule has 0 aliphatic carbocycles. The molecule has 0 aromatic carbocycles. The summed E-state index contributed by atoms with van der Waals surface area (Å²) in [5.41, 5.74) is 0. The summed E-state index contributed by atoms with van der Waals surface area (Å²) in [7, 11) is -3.61. The Morgan fingerprint density at radius 2 is 2.38 bits per heavy atom. The first-order valence-electron chi connectivity index (χ1n) is 4.46. The second-order valence-electron chi connectivity index (χ2n) is 3.20. The summed E-state index contributed by atoms with van der Waals surface area (Å²) < 4.78 is 25.7. The molecule has 7 heteroatoms. The van der Waals surface area contributed by atoms with Gasteiger partial charge in [-0.15, -0.1) is 0 Å². The van der Waals surface area contributed by atoms with E-state index in [9.17, 15) is 8.42 Å². The van der Waals surface area contributed by atoms with Crippen molar-refractivity contribution in [1.82, 2.24) is 9.71 Å². The first-order valence-corrected chi connectivity index (χ1v) is 6.32. The van der Waals surface area contributed by atoms with Gasteiger partial charge in [0.1, 0.15) is 5.15 Å². The van der Waals surface area contributed by atoms with Gasteiger partial charge in [0.15, 0.2) is 0 Å². The van der Waals surface area contributed by atoms with E-state index in [1.165, 1.54) is 18.3 Å². The minimum absolute atomic E-state index is 0.0395. The molecule has 0 saturated heterocycles. The molecule has 0 fully saturated rings. The molecule has 1 aromatic rings. The van der Waals surface area contributed by atoms with Gasteiger partial charge in [-0.1, -0.05) is 11.6 Å². The van der Waals surface area contributed by atoms with Gasteiger partial charge < -0.3 is 0 Å². The zero-order chi connectivity index (χ0) is 12.2. The van der Waals surface area contributed by atoms with Crippen LogP contribution < -0.4 is 4.72 Å². The summed E-state index contributed by atoms with van der Waals surface area (Å²) in [5, 5.41) is 8.64. The lowest BCUT2D eigenvalue weighted by Gasteiger charge is -2.07. The van der Waals surface area contributed by atoms with Crippen LogP contribution in [0, 0.1) is 17.2 Å². The Morgan fingerprint density at radius 3 is 2.94 bits per heavy atom. The van der Waals surface area contributed by atoms with Gasteiger partial charge in [-0.25, -0.2) is 18.1 Å². The second-order valence-corrected chi connectivity index (χ2v) is 5.35. The molecule has 0 amide bonds. The normalized spacial score (nSPS) is 13.1. The van der Waals surface area contributed by atoms with Crippen molar-refractivity contribution in [2.45, 2.75) is 11.8 Å². The number of hydrogen-bond acceptors (Lipinski definition) is 4. The third-order valence-electron chi connectivity index (χ3n) is 1.81. The average Bonchev–Trinajstić information content (AvgIpc) is 2.26. The SMILES string of the molecule is CC(C#N)CNS(=O)(=O)c1ccnc(Cl)c1. The summed E-state index contributed by atoms with van der Waals surface area (Å²) in [6, 6.07) is 4.52. The zero-order valence-electron chi connectivity index (χ0n) is 8.51. The van der Waals surface area contributed by atoms with Crippen LogP contribution in [0.1, 0.15) is 6.92 Å². The number of aromatic nitrogens is 1. The third-order valence-corrected chi connectivity index (χ3v) is 3.44. The maximum Gasteiger partial charge on any atom is 0.240 e. The van der Waals surface area contributed by atoms with Crippen LogP contribution in [0.5, 0.6) is 0 Å². The van der Waals surface area contributed by atoms with Crippen LogP contribution in [0.15, 0.2) is 23.2 Å². The Balaban J connectivity index is 2.83. The van der Waals surface area contributed by atoms with Gasteiger partial charge in [-0.2, -0.15) is 5.26 Å². The molecule has 86 valence electrons. The van der Waals surface area contributed by atoms with Crippen LogP contribution in [0.2, 0.25) is 5.15 Å². The number of rotatable bonds is 4. The molecule has 0 bridgehead atoms. The molecule has 1 aromatic heterocycles. The van der Waals surface area contributed by atoms with Crippen molar-refractivity contribution in [3.63, 3.8) is 0 Å². The number of hydrogen-bond donors (Lipinski definition) is 1. The van der Waals surface area contributed by atoms with Crippen molar-refractivity contribution in [1.29, 1.82) is 5.26 Å². The Bertz CT molecular complexity index is 510. The molecule has 16 heavy (non-hydrogen) atoms. The van der Waals surface area contributed by atoms with Crippen molar-refractivity contribution in [2.24, 2.45) is 5.92 Å². The predicted octanol–water partition coefficient (Wildman–Crippen LogP) is 1.17. The average molecular weight is 260 g/mol. The highest BCUT2D eigenvalue weighted by molar-refractivity contribution is 7.89. The monoisotopic (exact) mass is 259 g/mol. The van der Waals surface area contributed by atoms with E-state index in [0.29, 0.717) is 0 Å². The lowest BCUT2D eigenvalue weighted by Crippen LogP contribution is -2.28. The maximum absolute atomic E-state index is 11.7. The molecule has 0 spiro atoms. The Labute approximate surface area is 99.1 Å². The topological polar surface area (TPSA) is 82.9 Å². The van der Waals surface area contributed by atoms with Crippen LogP contribution >= 0.6 is 11.6 Å². The van der Waals surface area contributed by atoms with E-state index in [2.05, 4.69) is 9.71 Å². The smallest absolute Gasteiger partial charge is 0.240 e. The fourth-order valence-corrected chi connectivity index (χ4v) is 2.30. The molecule has 1 rings (SSSR count). The Morgan fingerprint density at radius 1 is 1.69 bits per heavy atom. The predicted molar refractivity (Wildman–Crippen MR) is 59.2 cm³/mol. The van der Waals surface area contributed by atoms with Gasteiger partial charge in [-0.05, 0) is 19.1 Å². The standard InChI is InChI=1S/C9H10ClN3O2S/c1-7(5-11)6-13-16(14,15)8-2-3-12-9(10)4-8/h2-4,7,13H,6H2,1H3. The highest BCUT2D eigenvalue weighted by Gasteiger charge is 2.15. The molecular formula is C9H10ClN3O2S. The molecule has 1 unspecified atom stereocenters. The minimum Gasteiger partial charge on any atom is -0.244 e. The second kappa shape index (κ2) is 5.25. The molecule has 1 atom stereocenters. The fourth-order valence-electron chi connectivity index (χ4n) is 0.916. The number of pyridine rings is 1. The summed E-state index contributed by atoms with van der Waals surface area (Å²) in [6.45, 7) is 1.70. The first kappa shape index (κ1) is 12.9. The van der Waals surface area contributed by atoms with Crippen molar-refractivity contribution in [2.75, 3.05) is 6.54 Å². The molecule has 0 saturated carbocycles. The van der Waals surface area contributed by atoms with E-state index in [-0.39, 0.29) is 22.5 Å². The van der Waals surface area contributed by atoms with Gasteiger partial charge in [0.05, 0.1) is 16.9 Å². The van der Waals surface area contributed by atoms with E-state index < -0.39 is 10.0 Å². The highest BCUT2D eigenvalue weighted by atomic mass is 35.5. The molecular weight excluding hydrogens is 250 g/mol. The van der Waals surface area contributed by atoms with Crippen molar-refractivity contribution >= 4 is 21.6 Å². The summed E-state index contributed by atoms with van der Waals surface area (Å²) >= 11 is 5.59. The summed E-state index contributed by atoms with van der Waals surface area (Å²) in [5.74, 6) is -0.382. The lowest BCUT2D eigenvalue weighted by molar-refractivity contribution is 0.572. The maximum atomic E-state index is 11.7. The fraction of sp³-hybridized carbons (Fsp3) is 0.333. The van der Waals surface area contributed by atoms with Crippen LogP contribution in [-0.4, -0.2) is 19.9 Å². The van der Waals surface area contributed by atoms with Crippen LogP contribution in [0.3, 0.4) is 0 Å². The number of nitriles is 1. The number of nitrogens with one attached hydrogen (secondary N) is 1. The zero-order valence-corrected chi connectivity index (χ0v) is 10.1. The van der Waals surface area contributed by atoms with Crippen LogP contribution in [0.25, 0.3) is 0 Å². The van der Waals surface area contributed by atoms with Gasteiger partial charge in [0.25, 0.3) is 0 Å². The first-order chi connectivity index (χ1) is 7.45. The minimum atomic E-state index is -3.61. The molecule has 1 heterocycles. The van der Waals surface area contributed by atoms with Crippen LogP contribution in [-0.2, 0) is 10.0 Å². The molecule has 0 aliphatic heterocycles. The Kier molecular flexibility index (Phi) is 4.24. The summed E-state index contributed by atoms with van der Waals surface area (Å²) in [6.07, 6.45) is 1.31. The molecule has 0 aliphatic rings. The number of sulfonamides is 1. The molecule has 5 nitrogen and oxygen atoms in total. The van der Waals surface area contributed by atoms with Crippen molar-refractivity contribution < 1.29 is 8.42 Å². The van der Waals surface area contributed by atoms with Crippen molar-refractivity contribution in [3.8, 4) is 6.07 Å². The molecule has 1 N–H and O–H groups in total. The van der Waals surface area contributed by atoms with Gasteiger partial charge >= 0.3 is 0 Å². The number of nitrogens with zero attached hydrogens (tertiary/aromatic N) is 2. The Hall–Kier alpha value is -1.16. The van der Waals surface area contributed by atoms with Gasteiger partial charge in [0.2, 0.25) is 10.0 Å². The van der Waals surface area contributed by atoms with E-state index in [1.54, 1.807) is 6.92 Å². The largest absolute Gasteiger partial charge is 0.244 e. The van der Waals surface area contributed by atoms with E-state index in [4.69, 9.17) is 16.9 Å². The lowest BCUT2D eigenvalue weighted by atomic mass is 10.2. The van der Waals surface area contributed by atoms with Gasteiger partial charge in [-0.3, -0.25) is 0 Å².